The predicted molar refractivity (Wildman–Crippen MR) is 114 cm³/mol. The Labute approximate surface area is 175 Å². The van der Waals surface area contributed by atoms with Crippen molar-refractivity contribution in [1.82, 2.24) is 20.2 Å². The van der Waals surface area contributed by atoms with Crippen molar-refractivity contribution in [2.75, 3.05) is 37.7 Å². The third-order valence-corrected chi connectivity index (χ3v) is 6.39. The van der Waals surface area contributed by atoms with Crippen LogP contribution < -0.4 is 10.2 Å². The van der Waals surface area contributed by atoms with E-state index < -0.39 is 0 Å². The van der Waals surface area contributed by atoms with Gasteiger partial charge in [-0.25, -0.2) is 9.98 Å². The standard InChI is InChI=1S/C21H25ClN6O/c22-16-1-2-17-18(9-16)26-19(10-25-17)28-11-15(12-28)20-21(24-6-5-23-20)27-7-3-14(13-29)4-8-27/h1-2,5-6,9-10,14-15,17,25,29H,3-4,7-8,11-13H2. The maximum absolute atomic E-state index is 9.39. The number of fused-ring (bicyclic) bond motifs is 1. The highest BCUT2D eigenvalue weighted by Crippen LogP contribution is 2.35. The van der Waals surface area contributed by atoms with Crippen LogP contribution in [0, 0.1) is 5.92 Å². The van der Waals surface area contributed by atoms with Crippen LogP contribution in [0.1, 0.15) is 24.5 Å². The van der Waals surface area contributed by atoms with Gasteiger partial charge in [0.15, 0.2) is 5.82 Å². The Hall–Kier alpha value is -2.38. The lowest BCUT2D eigenvalue weighted by Crippen LogP contribution is -2.47. The van der Waals surface area contributed by atoms with Gasteiger partial charge in [0.05, 0.1) is 17.4 Å². The van der Waals surface area contributed by atoms with Crippen molar-refractivity contribution in [2.45, 2.75) is 24.8 Å². The summed E-state index contributed by atoms with van der Waals surface area (Å²) in [6.07, 6.45) is 13.4. The zero-order valence-electron chi connectivity index (χ0n) is 16.2. The van der Waals surface area contributed by atoms with Gasteiger partial charge in [-0.2, -0.15) is 0 Å². The number of piperidine rings is 1. The lowest BCUT2D eigenvalue weighted by Gasteiger charge is -2.43. The number of halogens is 1. The normalized spacial score (nSPS) is 24.9. The fraction of sp³-hybridized carbons (Fsp3) is 0.476. The minimum atomic E-state index is 0.103. The molecule has 2 saturated heterocycles. The summed E-state index contributed by atoms with van der Waals surface area (Å²) >= 11 is 6.12. The molecular formula is C21H25ClN6O. The van der Waals surface area contributed by atoms with Crippen LogP contribution in [0.2, 0.25) is 0 Å². The fourth-order valence-corrected chi connectivity index (χ4v) is 4.52. The van der Waals surface area contributed by atoms with Gasteiger partial charge in [-0.15, -0.1) is 0 Å². The average Bonchev–Trinajstić information content (AvgIpc) is 2.73. The summed E-state index contributed by atoms with van der Waals surface area (Å²) in [6.45, 7) is 3.89. The molecule has 152 valence electrons. The number of aliphatic imine (C=N–C) groups is 1. The predicted octanol–water partition coefficient (Wildman–Crippen LogP) is 1.99. The summed E-state index contributed by atoms with van der Waals surface area (Å²) in [4.78, 5) is 18.7. The van der Waals surface area contributed by atoms with Crippen LogP contribution in [-0.2, 0) is 0 Å². The quantitative estimate of drug-likeness (QED) is 0.787. The summed E-state index contributed by atoms with van der Waals surface area (Å²) in [5.41, 5.74) is 2.02. The molecular weight excluding hydrogens is 388 g/mol. The van der Waals surface area contributed by atoms with Crippen molar-refractivity contribution >= 4 is 23.1 Å². The Kier molecular flexibility index (Phi) is 5.01. The zero-order chi connectivity index (χ0) is 19.8. The van der Waals surface area contributed by atoms with Gasteiger partial charge in [0.2, 0.25) is 0 Å². The van der Waals surface area contributed by atoms with Gasteiger partial charge < -0.3 is 20.2 Å². The lowest BCUT2D eigenvalue weighted by molar-refractivity contribution is 0.190. The number of hydrogen-bond donors (Lipinski definition) is 2. The molecule has 1 atom stereocenters. The molecule has 1 aromatic rings. The molecule has 0 amide bonds. The Balaban J connectivity index is 1.26. The van der Waals surface area contributed by atoms with Crippen molar-refractivity contribution in [3.05, 3.63) is 53.4 Å². The van der Waals surface area contributed by atoms with Crippen molar-refractivity contribution in [3.8, 4) is 0 Å². The topological polar surface area (TPSA) is 76.9 Å². The molecule has 0 radical (unpaired) electrons. The second-order valence-electron chi connectivity index (χ2n) is 8.05. The molecule has 2 fully saturated rings. The van der Waals surface area contributed by atoms with Crippen LogP contribution in [0.15, 0.2) is 52.7 Å². The van der Waals surface area contributed by atoms with Gasteiger partial charge in [-0.3, -0.25) is 4.98 Å². The summed E-state index contributed by atoms with van der Waals surface area (Å²) in [5, 5.41) is 13.5. The van der Waals surface area contributed by atoms with E-state index in [1.165, 1.54) is 0 Å². The molecule has 2 N–H and O–H groups in total. The molecule has 0 bridgehead atoms. The van der Waals surface area contributed by atoms with E-state index in [1.54, 1.807) is 12.4 Å². The van der Waals surface area contributed by atoms with E-state index in [0.29, 0.717) is 16.9 Å². The number of nitrogens with one attached hydrogen (secondary N) is 1. The minimum absolute atomic E-state index is 0.103. The molecule has 1 unspecified atom stereocenters. The van der Waals surface area contributed by atoms with Gasteiger partial charge in [0, 0.05) is 62.3 Å². The number of aliphatic hydroxyl groups excluding tert-OH is 1. The van der Waals surface area contributed by atoms with Crippen LogP contribution in [0.25, 0.3) is 0 Å². The first-order valence-electron chi connectivity index (χ1n) is 10.2. The van der Waals surface area contributed by atoms with E-state index in [-0.39, 0.29) is 12.6 Å². The highest BCUT2D eigenvalue weighted by atomic mass is 35.5. The highest BCUT2D eigenvalue weighted by Gasteiger charge is 2.35. The lowest BCUT2D eigenvalue weighted by atomic mass is 9.93. The van der Waals surface area contributed by atoms with Gasteiger partial charge >= 0.3 is 0 Å². The monoisotopic (exact) mass is 412 g/mol. The molecule has 7 nitrogen and oxygen atoms in total. The second-order valence-corrected chi connectivity index (χ2v) is 8.49. The molecule has 0 saturated carbocycles. The summed E-state index contributed by atoms with van der Waals surface area (Å²) in [5.74, 6) is 2.70. The van der Waals surface area contributed by atoms with E-state index in [4.69, 9.17) is 16.6 Å². The molecule has 3 aliphatic heterocycles. The molecule has 0 spiro atoms. The number of allylic oxidation sites excluding steroid dienone is 2. The summed E-state index contributed by atoms with van der Waals surface area (Å²) in [7, 11) is 0. The summed E-state index contributed by atoms with van der Waals surface area (Å²) in [6, 6.07) is 0.103. The molecule has 8 heteroatoms. The van der Waals surface area contributed by atoms with E-state index in [0.717, 1.165) is 62.1 Å². The van der Waals surface area contributed by atoms with E-state index in [1.807, 2.05) is 24.4 Å². The van der Waals surface area contributed by atoms with Crippen molar-refractivity contribution in [3.63, 3.8) is 0 Å². The van der Waals surface area contributed by atoms with Crippen LogP contribution in [0.4, 0.5) is 5.82 Å². The Morgan fingerprint density at radius 3 is 2.72 bits per heavy atom. The highest BCUT2D eigenvalue weighted by molar-refractivity contribution is 6.33. The van der Waals surface area contributed by atoms with E-state index in [2.05, 4.69) is 25.1 Å². The first-order valence-corrected chi connectivity index (χ1v) is 10.6. The second kappa shape index (κ2) is 7.80. The largest absolute Gasteiger partial charge is 0.396 e. The molecule has 4 aliphatic rings. The maximum atomic E-state index is 9.39. The van der Waals surface area contributed by atoms with E-state index >= 15 is 0 Å². The molecule has 0 aromatic carbocycles. The molecule has 29 heavy (non-hydrogen) atoms. The van der Waals surface area contributed by atoms with Gasteiger partial charge in [-0.05, 0) is 30.9 Å². The third kappa shape index (κ3) is 3.65. The van der Waals surface area contributed by atoms with Crippen molar-refractivity contribution < 1.29 is 5.11 Å². The minimum Gasteiger partial charge on any atom is -0.396 e. The van der Waals surface area contributed by atoms with Gasteiger partial charge in [-0.1, -0.05) is 17.7 Å². The van der Waals surface area contributed by atoms with Crippen LogP contribution >= 0.6 is 11.6 Å². The SMILES string of the molecule is OCC1CCN(c2nccnc2C2CN(C3=CNC4C=CC(Cl)=CC4=N3)C2)CC1. The van der Waals surface area contributed by atoms with Crippen molar-refractivity contribution in [1.29, 1.82) is 0 Å². The molecule has 1 aromatic heterocycles. The number of hydrogen-bond acceptors (Lipinski definition) is 7. The Bertz CT molecular complexity index is 896. The maximum Gasteiger partial charge on any atom is 0.150 e. The van der Waals surface area contributed by atoms with Gasteiger partial charge in [0.1, 0.15) is 5.82 Å². The third-order valence-electron chi connectivity index (χ3n) is 6.16. The van der Waals surface area contributed by atoms with Crippen LogP contribution in [0.5, 0.6) is 0 Å². The van der Waals surface area contributed by atoms with Gasteiger partial charge in [0.25, 0.3) is 0 Å². The first-order chi connectivity index (χ1) is 14.2. The van der Waals surface area contributed by atoms with Crippen molar-refractivity contribution in [2.24, 2.45) is 10.9 Å². The molecule has 4 heterocycles. The Morgan fingerprint density at radius 2 is 1.93 bits per heavy atom. The number of aliphatic hydroxyl groups is 1. The number of nitrogens with zero attached hydrogens (tertiary/aromatic N) is 5. The smallest absolute Gasteiger partial charge is 0.150 e. The van der Waals surface area contributed by atoms with Crippen LogP contribution in [-0.4, -0.2) is 64.5 Å². The zero-order valence-corrected chi connectivity index (χ0v) is 17.0. The molecule has 5 rings (SSSR count). The van der Waals surface area contributed by atoms with Crippen LogP contribution in [0.3, 0.4) is 0 Å². The molecule has 1 aliphatic carbocycles. The fourth-order valence-electron chi connectivity index (χ4n) is 4.34. The number of likely N-dealkylation sites (tertiary alicyclic amines) is 1. The number of anilines is 1. The number of aromatic nitrogens is 2. The number of rotatable bonds is 4. The summed E-state index contributed by atoms with van der Waals surface area (Å²) < 4.78 is 0. The van der Waals surface area contributed by atoms with E-state index in [9.17, 15) is 5.11 Å². The average molecular weight is 413 g/mol. The Morgan fingerprint density at radius 1 is 1.14 bits per heavy atom. The first kappa shape index (κ1) is 18.6.